The van der Waals surface area contributed by atoms with E-state index in [1.807, 2.05) is 0 Å². The van der Waals surface area contributed by atoms with E-state index in [4.69, 9.17) is 15.2 Å². The Bertz CT molecular complexity index is 409. The van der Waals surface area contributed by atoms with Crippen molar-refractivity contribution < 1.29 is 9.47 Å². The van der Waals surface area contributed by atoms with Crippen LogP contribution in [0.25, 0.3) is 0 Å². The van der Waals surface area contributed by atoms with E-state index in [-0.39, 0.29) is 0 Å². The van der Waals surface area contributed by atoms with E-state index in [9.17, 15) is 0 Å². The van der Waals surface area contributed by atoms with Crippen LogP contribution in [0.5, 0.6) is 0 Å². The van der Waals surface area contributed by atoms with Crippen LogP contribution in [0.4, 0.5) is 0 Å². The van der Waals surface area contributed by atoms with E-state index in [0.717, 1.165) is 12.8 Å². The van der Waals surface area contributed by atoms with E-state index in [2.05, 4.69) is 39.0 Å². The maximum absolute atomic E-state index is 6.05. The number of nitrogens with two attached hydrogens (primary N) is 1. The van der Waals surface area contributed by atoms with Crippen molar-refractivity contribution in [2.75, 3.05) is 0 Å². The molecule has 0 amide bonds. The molecule has 0 aromatic heterocycles. The number of ether oxygens (including phenoxy) is 2. The van der Waals surface area contributed by atoms with Crippen LogP contribution in [0.15, 0.2) is 18.2 Å². The smallest absolute Gasteiger partial charge is 0.0723 e. The Labute approximate surface area is 116 Å². The van der Waals surface area contributed by atoms with Gasteiger partial charge in [-0.15, -0.1) is 0 Å². The molecule has 0 bridgehead atoms. The highest BCUT2D eigenvalue weighted by Gasteiger charge is 2.24. The summed E-state index contributed by atoms with van der Waals surface area (Å²) in [5.74, 6) is 0. The topological polar surface area (TPSA) is 44.5 Å². The van der Waals surface area contributed by atoms with Crippen molar-refractivity contribution in [3.05, 3.63) is 34.9 Å². The predicted molar refractivity (Wildman–Crippen MR) is 76.9 cm³/mol. The zero-order valence-electron chi connectivity index (χ0n) is 12.2. The molecule has 1 aliphatic rings. The van der Waals surface area contributed by atoms with E-state index >= 15 is 0 Å². The van der Waals surface area contributed by atoms with Crippen molar-refractivity contribution in [3.63, 3.8) is 0 Å². The van der Waals surface area contributed by atoms with Crippen LogP contribution in [0, 0.1) is 6.92 Å². The van der Waals surface area contributed by atoms with E-state index in [1.165, 1.54) is 16.7 Å². The highest BCUT2D eigenvalue weighted by atomic mass is 16.5. The Morgan fingerprint density at radius 3 is 2.53 bits per heavy atom. The minimum absolute atomic E-state index is 0.300. The lowest BCUT2D eigenvalue weighted by Gasteiger charge is -2.32. The van der Waals surface area contributed by atoms with Gasteiger partial charge >= 0.3 is 0 Å². The monoisotopic (exact) mass is 263 g/mol. The largest absolute Gasteiger partial charge is 0.375 e. The van der Waals surface area contributed by atoms with Gasteiger partial charge in [0.25, 0.3) is 0 Å². The Balaban J connectivity index is 1.91. The molecule has 19 heavy (non-hydrogen) atoms. The Hall–Kier alpha value is -0.900. The lowest BCUT2D eigenvalue weighted by atomic mass is 10.0. The SMILES string of the molecule is Cc1cc(CN)ccc1COC1CC(C)OC(C)C1. The fraction of sp³-hybridized carbons (Fsp3) is 0.625. The first-order chi connectivity index (χ1) is 9.08. The number of hydrogen-bond donors (Lipinski definition) is 1. The van der Waals surface area contributed by atoms with Crippen LogP contribution >= 0.6 is 0 Å². The second-order valence-corrected chi connectivity index (χ2v) is 5.63. The van der Waals surface area contributed by atoms with Gasteiger partial charge in [-0.2, -0.15) is 0 Å². The summed E-state index contributed by atoms with van der Waals surface area (Å²) in [5, 5.41) is 0. The summed E-state index contributed by atoms with van der Waals surface area (Å²) in [4.78, 5) is 0. The standard InChI is InChI=1S/C16H25NO2/c1-11-6-14(9-17)4-5-15(11)10-18-16-7-12(2)19-13(3)8-16/h4-6,12-13,16H,7-10,17H2,1-3H3. The fourth-order valence-corrected chi connectivity index (χ4v) is 2.73. The van der Waals surface area contributed by atoms with Gasteiger partial charge in [0.15, 0.2) is 0 Å². The first-order valence-corrected chi connectivity index (χ1v) is 7.14. The third-order valence-corrected chi connectivity index (χ3v) is 3.77. The molecule has 0 radical (unpaired) electrons. The second-order valence-electron chi connectivity index (χ2n) is 5.63. The molecule has 3 nitrogen and oxygen atoms in total. The molecule has 1 fully saturated rings. The van der Waals surface area contributed by atoms with Crippen LogP contribution in [0.3, 0.4) is 0 Å². The molecular weight excluding hydrogens is 238 g/mol. The first kappa shape index (κ1) is 14.5. The molecule has 2 unspecified atom stereocenters. The fourth-order valence-electron chi connectivity index (χ4n) is 2.73. The van der Waals surface area contributed by atoms with Gasteiger partial charge in [0.1, 0.15) is 0 Å². The number of aryl methyl sites for hydroxylation is 1. The Kier molecular flexibility index (Phi) is 4.97. The van der Waals surface area contributed by atoms with Gasteiger partial charge in [0.2, 0.25) is 0 Å². The summed E-state index contributed by atoms with van der Waals surface area (Å²) >= 11 is 0. The van der Waals surface area contributed by atoms with Gasteiger partial charge in [0.05, 0.1) is 24.9 Å². The number of rotatable bonds is 4. The molecule has 1 aromatic rings. The van der Waals surface area contributed by atoms with Crippen LogP contribution in [-0.2, 0) is 22.6 Å². The average molecular weight is 263 g/mol. The van der Waals surface area contributed by atoms with Crippen LogP contribution in [0.1, 0.15) is 43.4 Å². The Morgan fingerprint density at radius 1 is 1.26 bits per heavy atom. The highest BCUT2D eigenvalue weighted by molar-refractivity contribution is 5.30. The number of hydrogen-bond acceptors (Lipinski definition) is 3. The molecule has 3 heteroatoms. The van der Waals surface area contributed by atoms with Gasteiger partial charge in [-0.1, -0.05) is 18.2 Å². The van der Waals surface area contributed by atoms with E-state index < -0.39 is 0 Å². The molecule has 0 saturated carbocycles. The minimum Gasteiger partial charge on any atom is -0.375 e. The molecule has 1 aromatic carbocycles. The van der Waals surface area contributed by atoms with Crippen molar-refractivity contribution in [2.24, 2.45) is 5.73 Å². The van der Waals surface area contributed by atoms with E-state index in [0.29, 0.717) is 31.5 Å². The molecule has 2 rings (SSSR count). The van der Waals surface area contributed by atoms with Gasteiger partial charge in [0, 0.05) is 6.54 Å². The molecule has 106 valence electrons. The summed E-state index contributed by atoms with van der Waals surface area (Å²) in [6.07, 6.45) is 2.89. The van der Waals surface area contributed by atoms with Gasteiger partial charge < -0.3 is 15.2 Å². The van der Waals surface area contributed by atoms with Gasteiger partial charge in [-0.25, -0.2) is 0 Å². The van der Waals surface area contributed by atoms with Crippen molar-refractivity contribution in [1.82, 2.24) is 0 Å². The minimum atomic E-state index is 0.300. The van der Waals surface area contributed by atoms with Crippen LogP contribution in [0.2, 0.25) is 0 Å². The first-order valence-electron chi connectivity index (χ1n) is 7.14. The second kappa shape index (κ2) is 6.51. The zero-order valence-corrected chi connectivity index (χ0v) is 12.2. The lowest BCUT2D eigenvalue weighted by molar-refractivity contribution is -0.106. The molecule has 2 N–H and O–H groups in total. The van der Waals surface area contributed by atoms with Gasteiger partial charge in [-0.3, -0.25) is 0 Å². The molecule has 2 atom stereocenters. The maximum Gasteiger partial charge on any atom is 0.0723 e. The average Bonchev–Trinajstić information content (AvgIpc) is 2.36. The molecule has 1 aliphatic heterocycles. The van der Waals surface area contributed by atoms with Gasteiger partial charge in [-0.05, 0) is 50.3 Å². The highest BCUT2D eigenvalue weighted by Crippen LogP contribution is 2.23. The molecular formula is C16H25NO2. The van der Waals surface area contributed by atoms with Crippen molar-refractivity contribution in [1.29, 1.82) is 0 Å². The molecule has 0 aliphatic carbocycles. The summed E-state index contributed by atoms with van der Waals surface area (Å²) in [7, 11) is 0. The summed E-state index contributed by atoms with van der Waals surface area (Å²) in [5.41, 5.74) is 9.33. The van der Waals surface area contributed by atoms with Crippen LogP contribution in [-0.4, -0.2) is 18.3 Å². The summed E-state index contributed by atoms with van der Waals surface area (Å²) in [6, 6.07) is 6.36. The maximum atomic E-state index is 6.05. The summed E-state index contributed by atoms with van der Waals surface area (Å²) < 4.78 is 11.8. The number of benzene rings is 1. The lowest BCUT2D eigenvalue weighted by Crippen LogP contribution is -2.34. The van der Waals surface area contributed by atoms with Crippen molar-refractivity contribution in [2.45, 2.75) is 65.1 Å². The molecule has 1 saturated heterocycles. The van der Waals surface area contributed by atoms with Crippen LogP contribution < -0.4 is 5.73 Å². The molecule has 0 spiro atoms. The third kappa shape index (κ3) is 4.03. The summed E-state index contributed by atoms with van der Waals surface area (Å²) in [6.45, 7) is 7.63. The quantitative estimate of drug-likeness (QED) is 0.908. The predicted octanol–water partition coefficient (Wildman–Crippen LogP) is 2.93. The van der Waals surface area contributed by atoms with Crippen molar-refractivity contribution in [3.8, 4) is 0 Å². The zero-order chi connectivity index (χ0) is 13.8. The van der Waals surface area contributed by atoms with E-state index in [1.54, 1.807) is 0 Å². The third-order valence-electron chi connectivity index (χ3n) is 3.77. The molecule has 1 heterocycles. The Morgan fingerprint density at radius 2 is 1.95 bits per heavy atom. The van der Waals surface area contributed by atoms with Crippen molar-refractivity contribution >= 4 is 0 Å². The normalized spacial score (nSPS) is 27.5.